The van der Waals surface area contributed by atoms with Crippen LogP contribution in [0.2, 0.25) is 0 Å². The zero-order valence-electron chi connectivity index (χ0n) is 47.8. The summed E-state index contributed by atoms with van der Waals surface area (Å²) >= 11 is 1.13. The molecule has 4 heterocycles. The lowest BCUT2D eigenvalue weighted by atomic mass is 10.0. The maximum Gasteiger partial charge on any atom is 0.408 e. The Balaban J connectivity index is 1.03. The van der Waals surface area contributed by atoms with Crippen LogP contribution in [-0.2, 0) is 56.1 Å². The molecule has 7 atom stereocenters. The molecule has 0 bridgehead atoms. The minimum Gasteiger partial charge on any atom is -0.497 e. The van der Waals surface area contributed by atoms with E-state index in [2.05, 4.69) is 60.0 Å². The van der Waals surface area contributed by atoms with Crippen molar-refractivity contribution in [2.75, 3.05) is 76.1 Å². The number of methoxy groups -OCH3 is 1. The summed E-state index contributed by atoms with van der Waals surface area (Å²) in [5.41, 5.74) is 7.43. The van der Waals surface area contributed by atoms with E-state index >= 15 is 0 Å². The van der Waals surface area contributed by atoms with Crippen LogP contribution in [0.15, 0.2) is 86.5 Å². The molecule has 0 radical (unpaired) electrons. The first kappa shape index (κ1) is 65.3. The zero-order chi connectivity index (χ0) is 61.9. The molecule has 29 nitrogen and oxygen atoms in total. The quantitative estimate of drug-likeness (QED) is 0.0268. The number of amides is 10. The molecule has 0 spiro atoms. The van der Waals surface area contributed by atoms with E-state index in [0.717, 1.165) is 23.9 Å². The summed E-state index contributed by atoms with van der Waals surface area (Å²) < 4.78 is 18.4. The van der Waals surface area contributed by atoms with E-state index in [1.165, 1.54) is 51.2 Å². The van der Waals surface area contributed by atoms with Gasteiger partial charge in [0, 0.05) is 44.9 Å². The van der Waals surface area contributed by atoms with Crippen LogP contribution in [0.5, 0.6) is 5.75 Å². The minimum atomic E-state index is -1.41. The topological polar surface area (TPSA) is 377 Å². The number of carbonyl (C=O) groups is 9. The number of carbonyl (C=O) groups excluding carboxylic acids is 9. The molecule has 2 fully saturated rings. The van der Waals surface area contributed by atoms with Gasteiger partial charge in [0.2, 0.25) is 41.4 Å². The number of ether oxygens (including phenoxy) is 3. The van der Waals surface area contributed by atoms with E-state index in [1.54, 1.807) is 69.2 Å². The predicted molar refractivity (Wildman–Crippen MR) is 310 cm³/mol. The van der Waals surface area contributed by atoms with Gasteiger partial charge in [0.15, 0.2) is 23.2 Å². The van der Waals surface area contributed by atoms with Crippen molar-refractivity contribution in [3.63, 3.8) is 0 Å². The lowest BCUT2D eigenvalue weighted by Gasteiger charge is -2.41. The molecule has 458 valence electrons. The second-order valence-corrected chi connectivity index (χ2v) is 21.4. The average Bonchev–Trinajstić information content (AvgIpc) is 2.19. The number of aliphatic hydroxyl groups is 2. The van der Waals surface area contributed by atoms with Crippen molar-refractivity contribution in [2.45, 2.75) is 88.7 Å². The number of nitrogens with one attached hydrogen (secondary N) is 6. The first-order chi connectivity index (χ1) is 40.6. The molecule has 0 aliphatic carbocycles. The highest BCUT2D eigenvalue weighted by Gasteiger charge is 2.46. The summed E-state index contributed by atoms with van der Waals surface area (Å²) in [6.07, 6.45) is 0.551. The highest BCUT2D eigenvalue weighted by Crippen LogP contribution is 2.33. The number of hydrogen-bond acceptors (Lipinski definition) is 19. The SMILES string of the molecule is C=CC(=O)N1CN(C(=O)C=C)CN(C(=O)CCSCC(=O)N[C@H](C(=O)N[C@@H](CCCNC(N)=O)C(=O)Nc2ccc(COC(=O)N[C@@H](Cc3ccc(OC)cc3)C(=O)N[C@H]3[C@@H](O)[C@H](n4cnc5c(N(C)C)ncnc54)O[C@@H]3CO)cc2)C(C)C)C1. The second-order valence-electron chi connectivity index (χ2n) is 20.3. The van der Waals surface area contributed by atoms with Gasteiger partial charge < -0.3 is 81.7 Å². The zero-order valence-corrected chi connectivity index (χ0v) is 48.6. The molecule has 85 heavy (non-hydrogen) atoms. The molecule has 2 aliphatic heterocycles. The number of nitrogens with two attached hydrogens (primary N) is 1. The number of fused-ring (bicyclic) bond motifs is 1. The number of hydrogen-bond donors (Lipinski definition) is 9. The lowest BCUT2D eigenvalue weighted by molar-refractivity contribution is -0.154. The van der Waals surface area contributed by atoms with Crippen molar-refractivity contribution in [3.05, 3.63) is 97.6 Å². The molecule has 0 saturated carbocycles. The number of benzene rings is 2. The first-order valence-electron chi connectivity index (χ1n) is 27.0. The van der Waals surface area contributed by atoms with E-state index < -0.39 is 103 Å². The van der Waals surface area contributed by atoms with E-state index in [1.807, 2.05) is 0 Å². The monoisotopic (exact) mass is 1200 g/mol. The molecule has 2 aromatic carbocycles. The van der Waals surface area contributed by atoms with Gasteiger partial charge >= 0.3 is 12.1 Å². The fourth-order valence-corrected chi connectivity index (χ4v) is 9.84. The van der Waals surface area contributed by atoms with E-state index in [-0.39, 0.29) is 76.3 Å². The molecule has 0 unspecified atom stereocenters. The number of rotatable bonds is 28. The average molecular weight is 1200 g/mol. The number of aromatic nitrogens is 4. The van der Waals surface area contributed by atoms with Crippen LogP contribution in [0.1, 0.15) is 50.5 Å². The first-order valence-corrected chi connectivity index (χ1v) is 28.2. The normalized spacial score (nSPS) is 17.6. The number of primary amides is 1. The van der Waals surface area contributed by atoms with Crippen LogP contribution in [0, 0.1) is 5.92 Å². The molecule has 10 amide bonds. The van der Waals surface area contributed by atoms with Gasteiger partial charge in [0.25, 0.3) is 0 Å². The number of aliphatic hydroxyl groups excluding tert-OH is 2. The number of alkyl carbamates (subject to hydrolysis) is 1. The van der Waals surface area contributed by atoms with Gasteiger partial charge in [-0.1, -0.05) is 51.3 Å². The van der Waals surface area contributed by atoms with Gasteiger partial charge in [0.1, 0.15) is 49.0 Å². The van der Waals surface area contributed by atoms with Crippen LogP contribution >= 0.6 is 11.8 Å². The number of nitrogens with zero attached hydrogens (tertiary/aromatic N) is 8. The van der Waals surface area contributed by atoms with Gasteiger partial charge in [-0.3, -0.25) is 38.1 Å². The van der Waals surface area contributed by atoms with Crippen LogP contribution in [0.4, 0.5) is 21.1 Å². The van der Waals surface area contributed by atoms with Crippen LogP contribution in [0.3, 0.4) is 0 Å². The lowest BCUT2D eigenvalue weighted by Crippen LogP contribution is -2.59. The van der Waals surface area contributed by atoms with E-state index in [4.69, 9.17) is 19.9 Å². The smallest absolute Gasteiger partial charge is 0.408 e. The van der Waals surface area contributed by atoms with Crippen molar-refractivity contribution in [2.24, 2.45) is 11.7 Å². The third kappa shape index (κ3) is 18.1. The molecule has 2 saturated heterocycles. The Kier molecular flexibility index (Phi) is 23.9. The third-order valence-corrected chi connectivity index (χ3v) is 14.6. The fourth-order valence-electron chi connectivity index (χ4n) is 9.11. The molecular formula is C55H73N15O14S. The Bertz CT molecular complexity index is 3010. The van der Waals surface area contributed by atoms with Crippen molar-refractivity contribution in [1.29, 1.82) is 0 Å². The summed E-state index contributed by atoms with van der Waals surface area (Å²) in [5.74, 6) is -3.11. The summed E-state index contributed by atoms with van der Waals surface area (Å²) in [6.45, 7) is 9.43. The minimum absolute atomic E-state index is 0.0222. The van der Waals surface area contributed by atoms with E-state index in [9.17, 15) is 53.4 Å². The fraction of sp³-hybridized carbons (Fsp3) is 0.455. The Hall–Kier alpha value is -8.87. The third-order valence-electron chi connectivity index (χ3n) is 13.6. The molecular weight excluding hydrogens is 1130 g/mol. The van der Waals surface area contributed by atoms with Crippen molar-refractivity contribution in [3.8, 4) is 5.75 Å². The second kappa shape index (κ2) is 31.1. The molecule has 4 aromatic rings. The van der Waals surface area contributed by atoms with Gasteiger partial charge in [-0.25, -0.2) is 24.5 Å². The van der Waals surface area contributed by atoms with Gasteiger partial charge in [-0.05, 0) is 66.3 Å². The van der Waals surface area contributed by atoms with Crippen molar-refractivity contribution >= 4 is 87.9 Å². The van der Waals surface area contributed by atoms with E-state index in [0.29, 0.717) is 39.5 Å². The van der Waals surface area contributed by atoms with Crippen LogP contribution < -0.4 is 47.3 Å². The van der Waals surface area contributed by atoms with Gasteiger partial charge in [-0.15, -0.1) is 0 Å². The summed E-state index contributed by atoms with van der Waals surface area (Å²) in [7, 11) is 5.08. The standard InChI is InChI=1S/C55H73N15O14S/c1-8-41(73)67-29-68(42(74)9-2)31-69(30-67)43(75)20-22-85-26-40(72)64-44(32(3)4)52(79)62-37(11-10-21-57-54(56)80)50(77)61-35-16-12-34(13-17-35)25-83-55(81)63-38(23-33-14-18-36(82-7)19-15-33)51(78)65-45-39(24-71)84-53(47(45)76)70-28-60-46-48(66(5)6)58-27-59-49(46)70/h8-9,12-19,27-28,32,37-39,44-45,47,53,71,76H,1-2,10-11,20-26,29-31H2,3-7H3,(H,61,77)(H,62,79)(H,63,81)(H,64,72)(H,65,78)(H3,56,57,80)/t37-,38-,39+,44-,45+,47+,53+/m0/s1. The summed E-state index contributed by atoms with van der Waals surface area (Å²) in [6, 6.07) is 7.57. The summed E-state index contributed by atoms with van der Waals surface area (Å²) in [4.78, 5) is 136. The molecule has 2 aliphatic rings. The predicted octanol–water partition coefficient (Wildman–Crippen LogP) is 0.0538. The number of imidazole rings is 1. The molecule has 6 rings (SSSR count). The maximum atomic E-state index is 14.1. The Morgan fingerprint density at radius 3 is 2.13 bits per heavy atom. The molecule has 10 N–H and O–H groups in total. The largest absolute Gasteiger partial charge is 0.497 e. The Morgan fingerprint density at radius 2 is 1.52 bits per heavy atom. The van der Waals surface area contributed by atoms with Crippen molar-refractivity contribution in [1.82, 2.24) is 60.8 Å². The highest BCUT2D eigenvalue weighted by atomic mass is 32.2. The van der Waals surface area contributed by atoms with Crippen molar-refractivity contribution < 1.29 is 67.6 Å². The summed E-state index contributed by atoms with van der Waals surface area (Å²) in [5, 5.41) is 38.0. The van der Waals surface area contributed by atoms with Gasteiger partial charge in [-0.2, -0.15) is 11.8 Å². The number of thioether (sulfide) groups is 1. The molecule has 30 heteroatoms. The van der Waals surface area contributed by atoms with Crippen LogP contribution in [-0.4, -0.2) is 200 Å². The molecule has 2 aromatic heterocycles. The number of urea groups is 1. The van der Waals surface area contributed by atoms with Gasteiger partial charge in [0.05, 0.1) is 51.8 Å². The Morgan fingerprint density at radius 1 is 0.859 bits per heavy atom. The highest BCUT2D eigenvalue weighted by molar-refractivity contribution is 7.99. The maximum absolute atomic E-state index is 14.1. The van der Waals surface area contributed by atoms with Crippen LogP contribution in [0.25, 0.3) is 11.2 Å². The Labute approximate surface area is 494 Å². The number of anilines is 2.